The highest BCUT2D eigenvalue weighted by atomic mass is 35.5. The van der Waals surface area contributed by atoms with Crippen LogP contribution in [0.15, 0.2) is 4.90 Å². The summed E-state index contributed by atoms with van der Waals surface area (Å²) < 4.78 is 28.5. The Morgan fingerprint density at radius 1 is 1.32 bits per heavy atom. The van der Waals surface area contributed by atoms with Crippen LogP contribution in [0.2, 0.25) is 0 Å². The molecular weight excluding hydrogens is 286 g/mol. The van der Waals surface area contributed by atoms with Crippen LogP contribution in [-0.4, -0.2) is 41.5 Å². The van der Waals surface area contributed by atoms with Gasteiger partial charge >= 0.3 is 0 Å². The van der Waals surface area contributed by atoms with Crippen molar-refractivity contribution in [3.8, 4) is 0 Å². The summed E-state index contributed by atoms with van der Waals surface area (Å²) in [5.41, 5.74) is 1.20. The smallest absolute Gasteiger partial charge is 0.246 e. The van der Waals surface area contributed by atoms with Crippen molar-refractivity contribution in [1.82, 2.24) is 14.1 Å². The van der Waals surface area contributed by atoms with Gasteiger partial charge in [-0.3, -0.25) is 4.68 Å². The van der Waals surface area contributed by atoms with Crippen molar-refractivity contribution in [2.45, 2.75) is 45.6 Å². The molecule has 0 aliphatic rings. The third-order valence-electron chi connectivity index (χ3n) is 3.04. The number of hydrogen-bond acceptors (Lipinski definition) is 3. The summed E-state index contributed by atoms with van der Waals surface area (Å²) >= 11 is 5.70. The highest BCUT2D eigenvalue weighted by molar-refractivity contribution is 7.89. The van der Waals surface area contributed by atoms with Gasteiger partial charge in [0, 0.05) is 19.0 Å². The molecule has 0 aromatic carbocycles. The van der Waals surface area contributed by atoms with Gasteiger partial charge in [0.1, 0.15) is 4.90 Å². The van der Waals surface area contributed by atoms with E-state index < -0.39 is 10.0 Å². The van der Waals surface area contributed by atoms with E-state index in [1.54, 1.807) is 18.5 Å². The van der Waals surface area contributed by atoms with Gasteiger partial charge in [0.15, 0.2) is 0 Å². The fourth-order valence-corrected chi connectivity index (χ4v) is 4.25. The van der Waals surface area contributed by atoms with Crippen molar-refractivity contribution >= 4 is 21.6 Å². The van der Waals surface area contributed by atoms with Crippen LogP contribution < -0.4 is 0 Å². The first kappa shape index (κ1) is 16.5. The van der Waals surface area contributed by atoms with Crippen molar-refractivity contribution in [1.29, 1.82) is 0 Å². The highest BCUT2D eigenvalue weighted by Gasteiger charge is 2.29. The minimum absolute atomic E-state index is 0.327. The molecule has 0 atom stereocenters. The Morgan fingerprint density at radius 3 is 2.42 bits per heavy atom. The quantitative estimate of drug-likeness (QED) is 0.725. The molecule has 5 nitrogen and oxygen atoms in total. The number of aromatic nitrogens is 2. The van der Waals surface area contributed by atoms with Crippen molar-refractivity contribution < 1.29 is 8.42 Å². The second-order valence-corrected chi connectivity index (χ2v) is 6.66. The molecule has 7 heteroatoms. The van der Waals surface area contributed by atoms with Crippen LogP contribution in [0.3, 0.4) is 0 Å². The summed E-state index contributed by atoms with van der Waals surface area (Å²) in [6.07, 6.45) is 0.793. The number of rotatable bonds is 7. The molecule has 0 fully saturated rings. The maximum atomic E-state index is 12.7. The summed E-state index contributed by atoms with van der Waals surface area (Å²) in [7, 11) is -3.47. The van der Waals surface area contributed by atoms with Gasteiger partial charge in [0.25, 0.3) is 0 Å². The van der Waals surface area contributed by atoms with Crippen LogP contribution in [-0.2, 0) is 16.6 Å². The fraction of sp³-hybridized carbons (Fsp3) is 0.750. The second kappa shape index (κ2) is 6.72. The minimum Gasteiger partial charge on any atom is -0.267 e. The Morgan fingerprint density at radius 2 is 1.95 bits per heavy atom. The van der Waals surface area contributed by atoms with Gasteiger partial charge in [-0.1, -0.05) is 13.8 Å². The Balaban J connectivity index is 3.28. The number of hydrogen-bond donors (Lipinski definition) is 0. The van der Waals surface area contributed by atoms with E-state index in [0.29, 0.717) is 41.8 Å². The summed E-state index contributed by atoms with van der Waals surface area (Å²) in [4.78, 5) is 0.327. The SMILES string of the molecule is CCCN(CC)S(=O)(=O)c1c(C)nn(CCCl)c1C. The van der Waals surface area contributed by atoms with Crippen molar-refractivity contribution in [2.24, 2.45) is 0 Å². The van der Waals surface area contributed by atoms with E-state index in [0.717, 1.165) is 6.42 Å². The van der Waals surface area contributed by atoms with Crippen LogP contribution in [0.4, 0.5) is 0 Å². The maximum absolute atomic E-state index is 12.7. The van der Waals surface area contributed by atoms with E-state index in [-0.39, 0.29) is 0 Å². The molecule has 0 N–H and O–H groups in total. The Hall–Kier alpha value is -0.590. The molecule has 1 aromatic heterocycles. The van der Waals surface area contributed by atoms with Crippen LogP contribution in [0.5, 0.6) is 0 Å². The van der Waals surface area contributed by atoms with Crippen LogP contribution in [0.1, 0.15) is 31.7 Å². The highest BCUT2D eigenvalue weighted by Crippen LogP contribution is 2.23. The molecule has 0 spiro atoms. The summed E-state index contributed by atoms with van der Waals surface area (Å²) in [6.45, 7) is 8.83. The van der Waals surface area contributed by atoms with Crippen LogP contribution in [0.25, 0.3) is 0 Å². The largest absolute Gasteiger partial charge is 0.267 e. The van der Waals surface area contributed by atoms with Gasteiger partial charge in [-0.05, 0) is 20.3 Å². The molecule has 0 bridgehead atoms. The fourth-order valence-electron chi connectivity index (χ4n) is 2.18. The van der Waals surface area contributed by atoms with Gasteiger partial charge in [-0.25, -0.2) is 8.42 Å². The molecule has 1 heterocycles. The zero-order valence-corrected chi connectivity index (χ0v) is 13.6. The Kier molecular flexibility index (Phi) is 5.82. The van der Waals surface area contributed by atoms with Gasteiger partial charge in [-0.15, -0.1) is 11.6 Å². The topological polar surface area (TPSA) is 55.2 Å². The molecule has 1 rings (SSSR count). The van der Waals surface area contributed by atoms with Crippen molar-refractivity contribution in [2.75, 3.05) is 19.0 Å². The standard InChI is InChI=1S/C12H22ClN3O2S/c1-5-8-15(6-2)19(17,18)12-10(3)14-16(9-7-13)11(12)4/h5-9H2,1-4H3. The third kappa shape index (κ3) is 3.30. The van der Waals surface area contributed by atoms with E-state index in [2.05, 4.69) is 5.10 Å². The average Bonchev–Trinajstić information content (AvgIpc) is 2.62. The van der Waals surface area contributed by atoms with E-state index in [1.807, 2.05) is 13.8 Å². The number of sulfonamides is 1. The van der Waals surface area contributed by atoms with E-state index >= 15 is 0 Å². The summed E-state index contributed by atoms with van der Waals surface area (Å²) in [5.74, 6) is 0.411. The lowest BCUT2D eigenvalue weighted by molar-refractivity contribution is 0.426. The first-order chi connectivity index (χ1) is 8.89. The summed E-state index contributed by atoms with van der Waals surface area (Å²) in [6, 6.07) is 0. The monoisotopic (exact) mass is 307 g/mol. The number of nitrogens with zero attached hydrogens (tertiary/aromatic N) is 3. The van der Waals surface area contributed by atoms with E-state index in [9.17, 15) is 8.42 Å². The Bertz CT molecular complexity index is 525. The molecule has 1 aromatic rings. The molecule has 19 heavy (non-hydrogen) atoms. The normalized spacial score (nSPS) is 12.3. The van der Waals surface area contributed by atoms with Crippen LogP contribution >= 0.6 is 11.6 Å². The second-order valence-electron chi connectivity index (χ2n) is 4.41. The predicted octanol–water partition coefficient (Wildman–Crippen LogP) is 2.16. The molecule has 0 saturated carbocycles. The van der Waals surface area contributed by atoms with Gasteiger partial charge in [-0.2, -0.15) is 9.40 Å². The average molecular weight is 308 g/mol. The van der Waals surface area contributed by atoms with E-state index in [4.69, 9.17) is 11.6 Å². The number of halogens is 1. The first-order valence-electron chi connectivity index (χ1n) is 6.50. The zero-order valence-electron chi connectivity index (χ0n) is 12.0. The predicted molar refractivity (Wildman–Crippen MR) is 77.1 cm³/mol. The minimum atomic E-state index is -3.47. The molecule has 0 saturated heterocycles. The molecule has 0 amide bonds. The lowest BCUT2D eigenvalue weighted by Gasteiger charge is -2.19. The van der Waals surface area contributed by atoms with E-state index in [1.165, 1.54) is 4.31 Å². The number of alkyl halides is 1. The molecule has 0 aliphatic carbocycles. The van der Waals surface area contributed by atoms with Gasteiger partial charge in [0.2, 0.25) is 10.0 Å². The first-order valence-corrected chi connectivity index (χ1v) is 8.47. The van der Waals surface area contributed by atoms with Crippen molar-refractivity contribution in [3.63, 3.8) is 0 Å². The summed E-state index contributed by atoms with van der Waals surface area (Å²) in [5, 5.41) is 4.27. The molecule has 0 unspecified atom stereocenters. The Labute approximate surface area is 120 Å². The lowest BCUT2D eigenvalue weighted by atomic mass is 10.4. The van der Waals surface area contributed by atoms with Gasteiger partial charge < -0.3 is 0 Å². The van der Waals surface area contributed by atoms with Crippen LogP contribution in [0, 0.1) is 13.8 Å². The van der Waals surface area contributed by atoms with Crippen molar-refractivity contribution in [3.05, 3.63) is 11.4 Å². The number of aryl methyl sites for hydroxylation is 2. The molecule has 0 radical (unpaired) electrons. The lowest BCUT2D eigenvalue weighted by Crippen LogP contribution is -2.32. The molecule has 0 aliphatic heterocycles. The third-order valence-corrected chi connectivity index (χ3v) is 5.43. The zero-order chi connectivity index (χ0) is 14.6. The maximum Gasteiger partial charge on any atom is 0.246 e. The molecule has 110 valence electrons. The van der Waals surface area contributed by atoms with Gasteiger partial charge in [0.05, 0.1) is 17.9 Å². The molecular formula is C12H22ClN3O2S.